The molecular weight excluding hydrogens is 272 g/mol. The van der Waals surface area contributed by atoms with Crippen LogP contribution in [0.25, 0.3) is 0 Å². The van der Waals surface area contributed by atoms with Crippen LogP contribution >= 0.6 is 23.4 Å². The second kappa shape index (κ2) is 6.66. The Bertz CT molecular complexity index is 440. The van der Waals surface area contributed by atoms with E-state index in [0.717, 1.165) is 23.6 Å². The number of rotatable bonds is 4. The molecule has 96 valence electrons. The number of hydrogen-bond acceptors (Lipinski definition) is 4. The van der Waals surface area contributed by atoms with E-state index in [-0.39, 0.29) is 12.5 Å². The summed E-state index contributed by atoms with van der Waals surface area (Å²) in [4.78, 5) is 11.5. The molecule has 1 saturated heterocycles. The summed E-state index contributed by atoms with van der Waals surface area (Å²) in [5.74, 6) is 2.34. The predicted molar refractivity (Wildman–Crippen MR) is 74.5 cm³/mol. The Balaban J connectivity index is 1.74. The first-order chi connectivity index (χ1) is 8.74. The molecule has 18 heavy (non-hydrogen) atoms. The van der Waals surface area contributed by atoms with Gasteiger partial charge in [-0.2, -0.15) is 16.9 Å². The number of hydrogen-bond donors (Lipinski definition) is 1. The number of thioether (sulfide) groups is 1. The van der Waals surface area contributed by atoms with Crippen LogP contribution in [-0.4, -0.2) is 29.7 Å². The first kappa shape index (κ1) is 13.2. The molecule has 4 nitrogen and oxygen atoms in total. The highest BCUT2D eigenvalue weighted by molar-refractivity contribution is 8.00. The second-order valence-electron chi connectivity index (χ2n) is 3.76. The topological polar surface area (TPSA) is 50.7 Å². The highest BCUT2D eigenvalue weighted by atomic mass is 35.5. The van der Waals surface area contributed by atoms with Gasteiger partial charge in [-0.1, -0.05) is 11.6 Å². The van der Waals surface area contributed by atoms with Crippen LogP contribution in [0.5, 0.6) is 5.75 Å². The van der Waals surface area contributed by atoms with Crippen molar-refractivity contribution in [2.24, 2.45) is 5.10 Å². The summed E-state index contributed by atoms with van der Waals surface area (Å²) in [5, 5.41) is 4.68. The monoisotopic (exact) mass is 284 g/mol. The average Bonchev–Trinajstić information content (AvgIpc) is 2.89. The Morgan fingerprint density at radius 3 is 2.89 bits per heavy atom. The number of nitrogens with zero attached hydrogens (tertiary/aromatic N) is 1. The molecule has 2 rings (SSSR count). The molecule has 1 aliphatic rings. The predicted octanol–water partition coefficient (Wildman–Crippen LogP) is 2.33. The minimum absolute atomic E-state index is 0.0500. The van der Waals surface area contributed by atoms with E-state index in [2.05, 4.69) is 10.5 Å². The quantitative estimate of drug-likeness (QED) is 0.864. The number of amides is 1. The normalized spacial score (nSPS) is 16.8. The number of carbonyl (C=O) groups excluding carboxylic acids is 1. The molecule has 0 saturated carbocycles. The van der Waals surface area contributed by atoms with Gasteiger partial charge in [-0.3, -0.25) is 4.79 Å². The van der Waals surface area contributed by atoms with Crippen molar-refractivity contribution < 1.29 is 9.53 Å². The molecule has 1 aromatic carbocycles. The fourth-order valence-electron chi connectivity index (χ4n) is 1.39. The SMILES string of the molecule is O=C(COc1ccc(Cl)cc1)N/N=C1\CCSC1. The van der Waals surface area contributed by atoms with Gasteiger partial charge in [0.1, 0.15) is 5.75 Å². The van der Waals surface area contributed by atoms with E-state index in [1.807, 2.05) is 11.8 Å². The third kappa shape index (κ3) is 4.23. The Morgan fingerprint density at radius 2 is 2.22 bits per heavy atom. The third-order valence-electron chi connectivity index (χ3n) is 2.33. The lowest BCUT2D eigenvalue weighted by atomic mass is 10.3. The molecular formula is C12H13ClN2O2S. The van der Waals surface area contributed by atoms with Crippen molar-refractivity contribution in [2.75, 3.05) is 18.1 Å². The number of ether oxygens (including phenoxy) is 1. The smallest absolute Gasteiger partial charge is 0.277 e. The van der Waals surface area contributed by atoms with Gasteiger partial charge >= 0.3 is 0 Å². The van der Waals surface area contributed by atoms with Crippen molar-refractivity contribution in [2.45, 2.75) is 6.42 Å². The maximum Gasteiger partial charge on any atom is 0.277 e. The fourth-order valence-corrected chi connectivity index (χ4v) is 2.49. The lowest BCUT2D eigenvalue weighted by Gasteiger charge is -2.05. The lowest BCUT2D eigenvalue weighted by molar-refractivity contribution is -0.123. The van der Waals surface area contributed by atoms with E-state index >= 15 is 0 Å². The van der Waals surface area contributed by atoms with E-state index in [9.17, 15) is 4.79 Å². The van der Waals surface area contributed by atoms with Crippen molar-refractivity contribution in [3.05, 3.63) is 29.3 Å². The van der Waals surface area contributed by atoms with E-state index < -0.39 is 0 Å². The number of carbonyl (C=O) groups is 1. The molecule has 0 aromatic heterocycles. The van der Waals surface area contributed by atoms with Crippen LogP contribution in [-0.2, 0) is 4.79 Å². The number of halogens is 1. The van der Waals surface area contributed by atoms with Crippen molar-refractivity contribution in [3.8, 4) is 5.75 Å². The van der Waals surface area contributed by atoms with Crippen LogP contribution < -0.4 is 10.2 Å². The van der Waals surface area contributed by atoms with Gasteiger partial charge in [0.2, 0.25) is 0 Å². The minimum atomic E-state index is -0.255. The third-order valence-corrected chi connectivity index (χ3v) is 3.61. The molecule has 0 spiro atoms. The fraction of sp³-hybridized carbons (Fsp3) is 0.333. The maximum atomic E-state index is 11.5. The molecule has 0 bridgehead atoms. The molecule has 1 fully saturated rings. The summed E-state index contributed by atoms with van der Waals surface area (Å²) in [6, 6.07) is 6.86. The van der Waals surface area contributed by atoms with Crippen LogP contribution in [0.4, 0.5) is 0 Å². The van der Waals surface area contributed by atoms with E-state index in [0.29, 0.717) is 10.8 Å². The Kier molecular flexibility index (Phi) is 4.90. The minimum Gasteiger partial charge on any atom is -0.484 e. The van der Waals surface area contributed by atoms with E-state index in [1.54, 1.807) is 24.3 Å². The van der Waals surface area contributed by atoms with Gasteiger partial charge in [-0.15, -0.1) is 0 Å². The van der Waals surface area contributed by atoms with Gasteiger partial charge in [0, 0.05) is 16.5 Å². The first-order valence-corrected chi connectivity index (χ1v) is 7.08. The summed E-state index contributed by atoms with van der Waals surface area (Å²) in [6.45, 7) is -0.0500. The van der Waals surface area contributed by atoms with Crippen molar-refractivity contribution in [3.63, 3.8) is 0 Å². The second-order valence-corrected chi connectivity index (χ2v) is 5.30. The van der Waals surface area contributed by atoms with Crippen LogP contribution in [0, 0.1) is 0 Å². The molecule has 1 heterocycles. The summed E-state index contributed by atoms with van der Waals surface area (Å²) >= 11 is 7.56. The van der Waals surface area contributed by atoms with Gasteiger partial charge in [-0.05, 0) is 36.4 Å². The standard InChI is InChI=1S/C12H13ClN2O2S/c13-9-1-3-11(4-2-9)17-7-12(16)15-14-10-5-6-18-8-10/h1-4H,5-8H2,(H,15,16)/b14-10+. The van der Waals surface area contributed by atoms with Gasteiger partial charge in [0.05, 0.1) is 0 Å². The molecule has 6 heteroatoms. The molecule has 1 aliphatic heterocycles. The average molecular weight is 285 g/mol. The lowest BCUT2D eigenvalue weighted by Crippen LogP contribution is -2.25. The van der Waals surface area contributed by atoms with Crippen molar-refractivity contribution in [1.82, 2.24) is 5.43 Å². The highest BCUT2D eigenvalue weighted by Crippen LogP contribution is 2.15. The first-order valence-electron chi connectivity index (χ1n) is 5.54. The zero-order valence-electron chi connectivity index (χ0n) is 9.69. The molecule has 0 unspecified atom stereocenters. The summed E-state index contributed by atoms with van der Waals surface area (Å²) in [6.07, 6.45) is 0.947. The zero-order valence-corrected chi connectivity index (χ0v) is 11.3. The summed E-state index contributed by atoms with van der Waals surface area (Å²) < 4.78 is 5.29. The highest BCUT2D eigenvalue weighted by Gasteiger charge is 2.09. The van der Waals surface area contributed by atoms with Crippen LogP contribution in [0.2, 0.25) is 5.02 Å². The maximum absolute atomic E-state index is 11.5. The largest absolute Gasteiger partial charge is 0.484 e. The number of hydrazone groups is 1. The molecule has 1 N–H and O–H groups in total. The van der Waals surface area contributed by atoms with Gasteiger partial charge in [-0.25, -0.2) is 5.43 Å². The van der Waals surface area contributed by atoms with Crippen LogP contribution in [0.3, 0.4) is 0 Å². The zero-order chi connectivity index (χ0) is 12.8. The van der Waals surface area contributed by atoms with Gasteiger partial charge in [0.25, 0.3) is 5.91 Å². The van der Waals surface area contributed by atoms with E-state index in [4.69, 9.17) is 16.3 Å². The molecule has 0 aliphatic carbocycles. The van der Waals surface area contributed by atoms with E-state index in [1.165, 1.54) is 0 Å². The number of nitrogens with one attached hydrogen (secondary N) is 1. The molecule has 0 radical (unpaired) electrons. The molecule has 1 aromatic rings. The van der Waals surface area contributed by atoms with Gasteiger partial charge in [0.15, 0.2) is 6.61 Å². The number of benzene rings is 1. The van der Waals surface area contributed by atoms with Crippen molar-refractivity contribution >= 4 is 35.0 Å². The van der Waals surface area contributed by atoms with Crippen LogP contribution in [0.1, 0.15) is 6.42 Å². The summed E-state index contributed by atoms with van der Waals surface area (Å²) in [7, 11) is 0. The molecule has 0 atom stereocenters. The molecule has 1 amide bonds. The van der Waals surface area contributed by atoms with Crippen molar-refractivity contribution in [1.29, 1.82) is 0 Å². The Hall–Kier alpha value is -1.20. The van der Waals surface area contributed by atoms with Gasteiger partial charge < -0.3 is 4.74 Å². The Labute approximate surface area is 115 Å². The Morgan fingerprint density at radius 1 is 1.44 bits per heavy atom. The van der Waals surface area contributed by atoms with Crippen LogP contribution in [0.15, 0.2) is 29.4 Å². The summed E-state index contributed by atoms with van der Waals surface area (Å²) in [5.41, 5.74) is 3.52.